The third-order valence-electron chi connectivity index (χ3n) is 2.79. The Morgan fingerprint density at radius 3 is 1.82 bits per heavy atom. The molecule has 0 saturated heterocycles. The second kappa shape index (κ2) is 6.64. The van der Waals surface area contributed by atoms with Crippen LogP contribution in [0.2, 0.25) is 0 Å². The normalized spacial score (nSPS) is 11.0. The largest absolute Gasteiger partial charge is 0.0691 e. The van der Waals surface area contributed by atoms with E-state index in [1.807, 2.05) is 0 Å². The van der Waals surface area contributed by atoms with Crippen molar-refractivity contribution in [2.45, 2.75) is 47.5 Å². The summed E-state index contributed by atoms with van der Waals surface area (Å²) in [5.74, 6) is 1.48. The van der Waals surface area contributed by atoms with Crippen LogP contribution in [0.5, 0.6) is 0 Å². The Kier molecular flexibility index (Phi) is 5.47. The van der Waals surface area contributed by atoms with Gasteiger partial charge in [0.15, 0.2) is 0 Å². The molecule has 0 aromatic heterocycles. The molecule has 0 radical (unpaired) electrons. The van der Waals surface area contributed by atoms with Gasteiger partial charge in [-0.15, -0.1) is 0 Å². The van der Waals surface area contributed by atoms with Gasteiger partial charge in [-0.25, -0.2) is 0 Å². The van der Waals surface area contributed by atoms with Gasteiger partial charge < -0.3 is 0 Å². The number of hydrogen-bond donors (Lipinski definition) is 0. The molecular weight excluding hydrogens is 204 g/mol. The quantitative estimate of drug-likeness (QED) is 0.629. The van der Waals surface area contributed by atoms with Crippen molar-refractivity contribution in [1.29, 1.82) is 0 Å². The first-order valence-corrected chi connectivity index (χ1v) is 6.73. The van der Waals surface area contributed by atoms with E-state index in [0.717, 1.165) is 11.8 Å². The number of rotatable bonds is 5. The standard InChI is InChI=1S/C17H26/c1-13(2)10-17(11-14(3)4)12-16-8-6-15(5)7-9-16/h6-9,12-14H,10-11H2,1-5H3. The molecule has 1 rings (SSSR count). The van der Waals surface area contributed by atoms with Crippen molar-refractivity contribution in [2.75, 3.05) is 0 Å². The lowest BCUT2D eigenvalue weighted by molar-refractivity contribution is 0.574. The van der Waals surface area contributed by atoms with E-state index in [-0.39, 0.29) is 0 Å². The van der Waals surface area contributed by atoms with E-state index >= 15 is 0 Å². The molecule has 0 spiro atoms. The van der Waals surface area contributed by atoms with Crippen LogP contribution in [0.3, 0.4) is 0 Å². The highest BCUT2D eigenvalue weighted by atomic mass is 14.1. The molecule has 17 heavy (non-hydrogen) atoms. The zero-order valence-electron chi connectivity index (χ0n) is 12.0. The smallest absolute Gasteiger partial charge is 0.0257 e. The van der Waals surface area contributed by atoms with E-state index in [9.17, 15) is 0 Å². The molecule has 0 heterocycles. The Bertz CT molecular complexity index is 340. The SMILES string of the molecule is Cc1ccc(C=C(CC(C)C)CC(C)C)cc1. The van der Waals surface area contributed by atoms with Crippen LogP contribution in [0, 0.1) is 18.8 Å². The van der Waals surface area contributed by atoms with Crippen LogP contribution in [0.4, 0.5) is 0 Å². The molecule has 0 aliphatic heterocycles. The average Bonchev–Trinajstić information content (AvgIpc) is 2.19. The second-order valence-electron chi connectivity index (χ2n) is 5.91. The number of benzene rings is 1. The molecule has 0 aliphatic rings. The molecule has 0 unspecified atom stereocenters. The maximum Gasteiger partial charge on any atom is -0.0257 e. The molecule has 0 amide bonds. The van der Waals surface area contributed by atoms with E-state index in [0.29, 0.717) is 0 Å². The van der Waals surface area contributed by atoms with Gasteiger partial charge in [0.05, 0.1) is 0 Å². The summed E-state index contributed by atoms with van der Waals surface area (Å²) in [5, 5.41) is 0. The molecule has 0 bridgehead atoms. The summed E-state index contributed by atoms with van der Waals surface area (Å²) in [5.41, 5.74) is 4.25. The van der Waals surface area contributed by atoms with Crippen LogP contribution in [0.25, 0.3) is 6.08 Å². The van der Waals surface area contributed by atoms with Gasteiger partial charge in [0.1, 0.15) is 0 Å². The lowest BCUT2D eigenvalue weighted by Gasteiger charge is -2.13. The van der Waals surface area contributed by atoms with Crippen molar-refractivity contribution in [1.82, 2.24) is 0 Å². The van der Waals surface area contributed by atoms with Gasteiger partial charge in [0, 0.05) is 0 Å². The Hall–Kier alpha value is -1.04. The van der Waals surface area contributed by atoms with Crippen molar-refractivity contribution in [3.8, 4) is 0 Å². The highest BCUT2D eigenvalue weighted by Gasteiger charge is 2.04. The first-order chi connectivity index (χ1) is 7.97. The number of allylic oxidation sites excluding steroid dienone is 1. The molecule has 0 atom stereocenters. The molecular formula is C17H26. The molecule has 0 fully saturated rings. The Morgan fingerprint density at radius 1 is 0.941 bits per heavy atom. The first-order valence-electron chi connectivity index (χ1n) is 6.73. The second-order valence-corrected chi connectivity index (χ2v) is 5.91. The highest BCUT2D eigenvalue weighted by Crippen LogP contribution is 2.22. The minimum absolute atomic E-state index is 0.741. The van der Waals surface area contributed by atoms with Gasteiger partial charge in [-0.05, 0) is 37.2 Å². The van der Waals surface area contributed by atoms with Gasteiger partial charge in [0.25, 0.3) is 0 Å². The predicted molar refractivity (Wildman–Crippen MR) is 78.1 cm³/mol. The fraction of sp³-hybridized carbons (Fsp3) is 0.529. The van der Waals surface area contributed by atoms with Gasteiger partial charge in [-0.3, -0.25) is 0 Å². The van der Waals surface area contributed by atoms with Crippen molar-refractivity contribution < 1.29 is 0 Å². The summed E-state index contributed by atoms with van der Waals surface area (Å²) in [7, 11) is 0. The molecule has 0 heteroatoms. The van der Waals surface area contributed by atoms with Gasteiger partial charge in [0.2, 0.25) is 0 Å². The molecule has 0 N–H and O–H groups in total. The Labute approximate surface area is 107 Å². The van der Waals surface area contributed by atoms with Crippen LogP contribution in [0.15, 0.2) is 29.8 Å². The topological polar surface area (TPSA) is 0 Å². The van der Waals surface area contributed by atoms with Crippen molar-refractivity contribution in [3.05, 3.63) is 41.0 Å². The number of hydrogen-bond acceptors (Lipinski definition) is 0. The van der Waals surface area contributed by atoms with Gasteiger partial charge in [-0.2, -0.15) is 0 Å². The average molecular weight is 230 g/mol. The maximum atomic E-state index is 2.37. The van der Waals surface area contributed by atoms with Gasteiger partial charge in [-0.1, -0.05) is 69.2 Å². The minimum Gasteiger partial charge on any atom is -0.0691 e. The molecule has 0 saturated carbocycles. The van der Waals surface area contributed by atoms with E-state index < -0.39 is 0 Å². The van der Waals surface area contributed by atoms with E-state index in [4.69, 9.17) is 0 Å². The maximum absolute atomic E-state index is 2.37. The molecule has 1 aromatic rings. The Morgan fingerprint density at radius 2 is 1.41 bits per heavy atom. The van der Waals surface area contributed by atoms with Crippen molar-refractivity contribution in [2.24, 2.45) is 11.8 Å². The van der Waals surface area contributed by atoms with Crippen LogP contribution < -0.4 is 0 Å². The van der Waals surface area contributed by atoms with Crippen molar-refractivity contribution >= 4 is 6.08 Å². The van der Waals surface area contributed by atoms with Crippen LogP contribution >= 0.6 is 0 Å². The zero-order valence-corrected chi connectivity index (χ0v) is 12.0. The first kappa shape index (κ1) is 14.0. The summed E-state index contributed by atoms with van der Waals surface area (Å²) in [6, 6.07) is 8.81. The summed E-state index contributed by atoms with van der Waals surface area (Å²) >= 11 is 0. The van der Waals surface area contributed by atoms with E-state index in [1.54, 1.807) is 5.57 Å². The van der Waals surface area contributed by atoms with Crippen LogP contribution in [0.1, 0.15) is 51.7 Å². The van der Waals surface area contributed by atoms with Crippen molar-refractivity contribution in [3.63, 3.8) is 0 Å². The fourth-order valence-electron chi connectivity index (χ4n) is 2.15. The summed E-state index contributed by atoms with van der Waals surface area (Å²) < 4.78 is 0. The third kappa shape index (κ3) is 5.72. The highest BCUT2D eigenvalue weighted by molar-refractivity contribution is 5.53. The number of aryl methyl sites for hydroxylation is 1. The van der Waals surface area contributed by atoms with Gasteiger partial charge >= 0.3 is 0 Å². The summed E-state index contributed by atoms with van der Waals surface area (Å²) in [4.78, 5) is 0. The van der Waals surface area contributed by atoms with Crippen LogP contribution in [-0.4, -0.2) is 0 Å². The zero-order chi connectivity index (χ0) is 12.8. The van der Waals surface area contributed by atoms with E-state index in [2.05, 4.69) is 65.0 Å². The fourth-order valence-corrected chi connectivity index (χ4v) is 2.15. The monoisotopic (exact) mass is 230 g/mol. The lowest BCUT2D eigenvalue weighted by atomic mass is 9.93. The summed E-state index contributed by atoms with van der Waals surface area (Å²) in [6.07, 6.45) is 4.80. The predicted octanol–water partition coefficient (Wildman–Crippen LogP) is 5.47. The minimum atomic E-state index is 0.741. The molecule has 0 nitrogen and oxygen atoms in total. The lowest BCUT2D eigenvalue weighted by Crippen LogP contribution is -1.96. The Balaban J connectivity index is 2.83. The van der Waals surface area contributed by atoms with E-state index in [1.165, 1.54) is 24.0 Å². The molecule has 0 aliphatic carbocycles. The van der Waals surface area contributed by atoms with Crippen LogP contribution in [-0.2, 0) is 0 Å². The molecule has 94 valence electrons. The molecule has 1 aromatic carbocycles. The third-order valence-corrected chi connectivity index (χ3v) is 2.79. The summed E-state index contributed by atoms with van der Waals surface area (Å²) in [6.45, 7) is 11.3.